The number of pyridine rings is 1. The van der Waals surface area contributed by atoms with Crippen LogP contribution >= 0.6 is 0 Å². The van der Waals surface area contributed by atoms with Crippen molar-refractivity contribution in [3.05, 3.63) is 24.2 Å². The molecule has 0 bridgehead atoms. The average molecular weight is 321 g/mol. The lowest BCUT2D eigenvalue weighted by molar-refractivity contribution is 0.0525. The van der Waals surface area contributed by atoms with E-state index in [-0.39, 0.29) is 5.97 Å². The lowest BCUT2D eigenvalue weighted by atomic mass is 10.2. The monoisotopic (exact) mass is 321 g/mol. The number of rotatable bonds is 7. The first-order chi connectivity index (χ1) is 10.4. The molecule has 0 aliphatic carbocycles. The van der Waals surface area contributed by atoms with E-state index in [2.05, 4.69) is 29.7 Å². The van der Waals surface area contributed by atoms with Crippen LogP contribution in [-0.2, 0) is 16.2 Å². The van der Waals surface area contributed by atoms with Gasteiger partial charge in [-0.1, -0.05) is 19.6 Å². The third-order valence-corrected chi connectivity index (χ3v) is 4.95. The molecular formula is C15H23N3O3Si. The second kappa shape index (κ2) is 7.02. The molecule has 2 aromatic heterocycles. The highest BCUT2D eigenvalue weighted by molar-refractivity contribution is 6.76. The highest BCUT2D eigenvalue weighted by atomic mass is 28.3. The van der Waals surface area contributed by atoms with Gasteiger partial charge >= 0.3 is 5.97 Å². The van der Waals surface area contributed by atoms with Gasteiger partial charge in [0.2, 0.25) is 0 Å². The van der Waals surface area contributed by atoms with Crippen LogP contribution in [0, 0.1) is 0 Å². The molecule has 0 aliphatic heterocycles. The van der Waals surface area contributed by atoms with Crippen molar-refractivity contribution in [2.75, 3.05) is 13.2 Å². The molecule has 120 valence electrons. The van der Waals surface area contributed by atoms with Crippen LogP contribution in [0.2, 0.25) is 25.7 Å². The first-order valence-electron chi connectivity index (χ1n) is 7.47. The highest BCUT2D eigenvalue weighted by Crippen LogP contribution is 2.18. The zero-order valence-corrected chi connectivity index (χ0v) is 14.6. The van der Waals surface area contributed by atoms with E-state index in [4.69, 9.17) is 9.47 Å². The molecule has 0 N–H and O–H groups in total. The minimum absolute atomic E-state index is 0.324. The van der Waals surface area contributed by atoms with Crippen LogP contribution < -0.4 is 0 Å². The number of hydrogen-bond donors (Lipinski definition) is 0. The van der Waals surface area contributed by atoms with Crippen molar-refractivity contribution in [2.45, 2.75) is 39.3 Å². The fourth-order valence-corrected chi connectivity index (χ4v) is 2.78. The number of ether oxygens (including phenoxy) is 2. The molecule has 0 saturated carbocycles. The molecule has 7 heteroatoms. The Bertz CT molecular complexity index is 649. The van der Waals surface area contributed by atoms with Crippen LogP contribution in [0.5, 0.6) is 0 Å². The number of nitrogens with zero attached hydrogens (tertiary/aromatic N) is 3. The summed E-state index contributed by atoms with van der Waals surface area (Å²) in [5, 5.41) is 5.09. The van der Waals surface area contributed by atoms with Gasteiger partial charge in [0.1, 0.15) is 12.3 Å². The predicted octanol–water partition coefficient (Wildman–Crippen LogP) is 2.92. The topological polar surface area (TPSA) is 66.2 Å². The summed E-state index contributed by atoms with van der Waals surface area (Å²) < 4.78 is 12.5. The molecule has 0 aromatic carbocycles. The molecule has 0 unspecified atom stereocenters. The summed E-state index contributed by atoms with van der Waals surface area (Å²) in [6.45, 7) is 10.1. The zero-order chi connectivity index (χ0) is 16.2. The van der Waals surface area contributed by atoms with E-state index in [1.54, 1.807) is 24.0 Å². The van der Waals surface area contributed by atoms with Gasteiger partial charge in [0.05, 0.1) is 18.3 Å². The lowest BCUT2D eigenvalue weighted by Crippen LogP contribution is -2.22. The normalized spacial score (nSPS) is 11.8. The summed E-state index contributed by atoms with van der Waals surface area (Å²) in [5.74, 6) is -0.385. The van der Waals surface area contributed by atoms with Crippen LogP contribution in [0.4, 0.5) is 0 Å². The molecule has 0 aliphatic rings. The number of carbonyl (C=O) groups is 1. The second-order valence-corrected chi connectivity index (χ2v) is 12.0. The van der Waals surface area contributed by atoms with Crippen molar-refractivity contribution in [1.82, 2.24) is 14.8 Å². The minimum atomic E-state index is -1.11. The molecule has 2 aromatic rings. The summed E-state index contributed by atoms with van der Waals surface area (Å²) >= 11 is 0. The van der Waals surface area contributed by atoms with Gasteiger partial charge in [0.25, 0.3) is 0 Å². The standard InChI is InChI=1S/C15H23N3O3Si/c1-5-21-15(19)13-10-16-8-12-9-17-18(14(12)13)11-20-6-7-22(2,3)4/h8-10H,5-7,11H2,1-4H3. The third-order valence-electron chi connectivity index (χ3n) is 3.25. The van der Waals surface area contributed by atoms with Crippen LogP contribution in [0.3, 0.4) is 0 Å². The quantitative estimate of drug-likeness (QED) is 0.445. The van der Waals surface area contributed by atoms with Gasteiger partial charge in [-0.25, -0.2) is 9.48 Å². The van der Waals surface area contributed by atoms with E-state index >= 15 is 0 Å². The Balaban J connectivity index is 2.15. The Morgan fingerprint density at radius 2 is 2.05 bits per heavy atom. The SMILES string of the molecule is CCOC(=O)c1cncc2cnn(COCC[Si](C)(C)C)c12. The van der Waals surface area contributed by atoms with E-state index < -0.39 is 8.07 Å². The fourth-order valence-electron chi connectivity index (χ4n) is 2.03. The van der Waals surface area contributed by atoms with Gasteiger partial charge in [0.15, 0.2) is 0 Å². The third kappa shape index (κ3) is 4.14. The maximum Gasteiger partial charge on any atom is 0.341 e. The van der Waals surface area contributed by atoms with E-state index in [1.807, 2.05) is 0 Å². The van der Waals surface area contributed by atoms with Crippen molar-refractivity contribution in [2.24, 2.45) is 0 Å². The highest BCUT2D eigenvalue weighted by Gasteiger charge is 2.17. The molecule has 0 fully saturated rings. The van der Waals surface area contributed by atoms with E-state index in [0.29, 0.717) is 31.0 Å². The number of esters is 1. The first kappa shape index (κ1) is 16.6. The van der Waals surface area contributed by atoms with Crippen molar-refractivity contribution in [3.63, 3.8) is 0 Å². The van der Waals surface area contributed by atoms with Gasteiger partial charge in [-0.15, -0.1) is 0 Å². The van der Waals surface area contributed by atoms with Crippen molar-refractivity contribution in [1.29, 1.82) is 0 Å². The van der Waals surface area contributed by atoms with Gasteiger partial charge in [-0.2, -0.15) is 5.10 Å². The van der Waals surface area contributed by atoms with E-state index in [0.717, 1.165) is 11.4 Å². The number of aromatic nitrogens is 3. The van der Waals surface area contributed by atoms with Crippen molar-refractivity contribution >= 4 is 24.9 Å². The molecule has 0 amide bonds. The number of fused-ring (bicyclic) bond motifs is 1. The summed E-state index contributed by atoms with van der Waals surface area (Å²) in [6, 6.07) is 1.10. The maximum atomic E-state index is 12.0. The number of hydrogen-bond acceptors (Lipinski definition) is 5. The molecule has 0 atom stereocenters. The molecule has 2 heterocycles. The van der Waals surface area contributed by atoms with Crippen LogP contribution in [0.1, 0.15) is 17.3 Å². The maximum absolute atomic E-state index is 12.0. The van der Waals surface area contributed by atoms with Crippen molar-refractivity contribution in [3.8, 4) is 0 Å². The summed E-state index contributed by atoms with van der Waals surface area (Å²) in [4.78, 5) is 16.1. The van der Waals surface area contributed by atoms with Gasteiger partial charge in [0, 0.05) is 32.5 Å². The van der Waals surface area contributed by atoms with E-state index in [1.165, 1.54) is 6.20 Å². The Labute approximate surface area is 131 Å². The Kier molecular flexibility index (Phi) is 5.31. The van der Waals surface area contributed by atoms with Crippen LogP contribution in [-0.4, -0.2) is 42.0 Å². The van der Waals surface area contributed by atoms with Gasteiger partial charge in [-0.3, -0.25) is 4.98 Å². The fraction of sp³-hybridized carbons (Fsp3) is 0.533. The van der Waals surface area contributed by atoms with Gasteiger partial charge in [-0.05, 0) is 13.0 Å². The molecule has 22 heavy (non-hydrogen) atoms. The molecule has 6 nitrogen and oxygen atoms in total. The predicted molar refractivity (Wildman–Crippen MR) is 87.6 cm³/mol. The molecule has 0 spiro atoms. The Hall–Kier alpha value is -1.73. The second-order valence-electron chi connectivity index (χ2n) is 6.34. The van der Waals surface area contributed by atoms with Crippen LogP contribution in [0.25, 0.3) is 10.9 Å². The summed E-state index contributed by atoms with van der Waals surface area (Å²) in [6.07, 6.45) is 4.89. The average Bonchev–Trinajstić information content (AvgIpc) is 2.86. The van der Waals surface area contributed by atoms with Crippen molar-refractivity contribution < 1.29 is 14.3 Å². The van der Waals surface area contributed by atoms with Crippen LogP contribution in [0.15, 0.2) is 18.6 Å². The molecular weight excluding hydrogens is 298 g/mol. The largest absolute Gasteiger partial charge is 0.462 e. The smallest absolute Gasteiger partial charge is 0.341 e. The van der Waals surface area contributed by atoms with Gasteiger partial charge < -0.3 is 9.47 Å². The molecule has 0 saturated heterocycles. The molecule has 2 rings (SSSR count). The van der Waals surface area contributed by atoms with E-state index in [9.17, 15) is 4.79 Å². The summed E-state index contributed by atoms with van der Waals surface area (Å²) in [7, 11) is -1.11. The Morgan fingerprint density at radius 3 is 2.73 bits per heavy atom. The summed E-state index contributed by atoms with van der Waals surface area (Å²) in [5.41, 5.74) is 1.13. The zero-order valence-electron chi connectivity index (χ0n) is 13.6. The minimum Gasteiger partial charge on any atom is -0.462 e. The lowest BCUT2D eigenvalue weighted by Gasteiger charge is -2.15. The Morgan fingerprint density at radius 1 is 1.27 bits per heavy atom. The number of carbonyl (C=O) groups excluding carboxylic acids is 1. The molecule has 0 radical (unpaired) electrons. The first-order valence-corrected chi connectivity index (χ1v) is 11.2.